The summed E-state index contributed by atoms with van der Waals surface area (Å²) in [4.78, 5) is 18.4. The van der Waals surface area contributed by atoms with Gasteiger partial charge in [0.1, 0.15) is 11.8 Å². The fourth-order valence-electron chi connectivity index (χ4n) is 3.24. The van der Waals surface area contributed by atoms with Crippen LogP contribution < -0.4 is 0 Å². The summed E-state index contributed by atoms with van der Waals surface area (Å²) in [6.45, 7) is 0.521. The highest BCUT2D eigenvalue weighted by molar-refractivity contribution is 5.91. The first-order valence-electron chi connectivity index (χ1n) is 8.95. The highest BCUT2D eigenvalue weighted by Crippen LogP contribution is 2.34. The van der Waals surface area contributed by atoms with Gasteiger partial charge in [0, 0.05) is 18.2 Å². The van der Waals surface area contributed by atoms with E-state index in [1.165, 1.54) is 24.5 Å². The number of likely N-dealkylation sites (tertiary alicyclic amines) is 1. The molecule has 1 fully saturated rings. The standard InChI is InChI=1S/C20H16F3N3O3/c21-20(22,23)14-5-1-4-13(12-14)18-24-19(29-25-18)16-7-2-10-26(16)17(27)9-8-15-6-3-11-28-15/h1,3-6,8-9,11-12,16H,2,7,10H2. The summed E-state index contributed by atoms with van der Waals surface area (Å²) in [6, 6.07) is 7.75. The molecule has 1 aromatic carbocycles. The fraction of sp³-hybridized carbons (Fsp3) is 0.250. The van der Waals surface area contributed by atoms with E-state index in [9.17, 15) is 18.0 Å². The minimum absolute atomic E-state index is 0.0523. The van der Waals surface area contributed by atoms with E-state index in [0.717, 1.165) is 18.6 Å². The Hall–Kier alpha value is -3.36. The molecule has 0 aliphatic carbocycles. The lowest BCUT2D eigenvalue weighted by Crippen LogP contribution is -2.29. The van der Waals surface area contributed by atoms with Crippen molar-refractivity contribution in [3.05, 3.63) is 66.0 Å². The summed E-state index contributed by atoms with van der Waals surface area (Å²) < 4.78 is 49.2. The number of benzene rings is 1. The molecule has 3 heterocycles. The zero-order chi connectivity index (χ0) is 20.4. The van der Waals surface area contributed by atoms with Gasteiger partial charge in [-0.15, -0.1) is 0 Å². The Morgan fingerprint density at radius 1 is 1.24 bits per heavy atom. The first-order chi connectivity index (χ1) is 13.9. The Morgan fingerprint density at radius 2 is 2.10 bits per heavy atom. The van der Waals surface area contributed by atoms with Crippen molar-refractivity contribution >= 4 is 12.0 Å². The molecule has 0 N–H and O–H groups in total. The third kappa shape index (κ3) is 4.08. The largest absolute Gasteiger partial charge is 0.465 e. The maximum atomic E-state index is 12.9. The minimum atomic E-state index is -4.46. The lowest BCUT2D eigenvalue weighted by atomic mass is 10.1. The van der Waals surface area contributed by atoms with Crippen LogP contribution in [0.3, 0.4) is 0 Å². The molecule has 4 rings (SSSR count). The van der Waals surface area contributed by atoms with Gasteiger partial charge in [0.05, 0.1) is 11.8 Å². The summed E-state index contributed by atoms with van der Waals surface area (Å²) in [6.07, 6.45) is 1.41. The molecule has 9 heteroatoms. The SMILES string of the molecule is O=C(C=Cc1ccco1)N1CCCC1c1nc(-c2cccc(C(F)(F)F)c2)no1. The first-order valence-corrected chi connectivity index (χ1v) is 8.95. The molecular formula is C20H16F3N3O3. The normalized spacial score (nSPS) is 17.3. The lowest BCUT2D eigenvalue weighted by molar-refractivity contribution is -0.137. The molecule has 6 nitrogen and oxygen atoms in total. The molecule has 150 valence electrons. The smallest absolute Gasteiger partial charge is 0.416 e. The molecule has 3 aromatic rings. The summed E-state index contributed by atoms with van der Waals surface area (Å²) in [5.74, 6) is 0.577. The number of carbonyl (C=O) groups excluding carboxylic acids is 1. The third-order valence-corrected chi connectivity index (χ3v) is 4.64. The molecule has 0 spiro atoms. The van der Waals surface area contributed by atoms with E-state index in [1.54, 1.807) is 23.1 Å². The fourth-order valence-corrected chi connectivity index (χ4v) is 3.24. The topological polar surface area (TPSA) is 72.4 Å². The van der Waals surface area contributed by atoms with E-state index in [0.29, 0.717) is 18.7 Å². The molecule has 2 aromatic heterocycles. The molecule has 0 radical (unpaired) electrons. The Kier molecular flexibility index (Phi) is 4.96. The Bertz CT molecular complexity index is 1030. The van der Waals surface area contributed by atoms with Crippen LogP contribution >= 0.6 is 0 Å². The van der Waals surface area contributed by atoms with Crippen LogP contribution in [-0.4, -0.2) is 27.5 Å². The van der Waals surface area contributed by atoms with Gasteiger partial charge in [0.2, 0.25) is 17.6 Å². The summed E-state index contributed by atoms with van der Waals surface area (Å²) in [7, 11) is 0. The van der Waals surface area contributed by atoms with Crippen LogP contribution in [0.4, 0.5) is 13.2 Å². The van der Waals surface area contributed by atoms with Crippen LogP contribution in [0.25, 0.3) is 17.5 Å². The van der Waals surface area contributed by atoms with Crippen molar-refractivity contribution in [3.8, 4) is 11.4 Å². The van der Waals surface area contributed by atoms with Crippen molar-refractivity contribution in [2.45, 2.75) is 25.1 Å². The van der Waals surface area contributed by atoms with Crippen LogP contribution in [0.15, 0.2) is 57.7 Å². The zero-order valence-corrected chi connectivity index (χ0v) is 15.1. The molecule has 29 heavy (non-hydrogen) atoms. The second kappa shape index (κ2) is 7.57. The molecular weight excluding hydrogens is 387 g/mol. The number of amides is 1. The number of hydrogen-bond acceptors (Lipinski definition) is 5. The number of hydrogen-bond donors (Lipinski definition) is 0. The van der Waals surface area contributed by atoms with Gasteiger partial charge in [0.25, 0.3) is 0 Å². The average molecular weight is 403 g/mol. The van der Waals surface area contributed by atoms with Gasteiger partial charge in [-0.1, -0.05) is 17.3 Å². The van der Waals surface area contributed by atoms with E-state index in [-0.39, 0.29) is 23.2 Å². The predicted molar refractivity (Wildman–Crippen MR) is 96.2 cm³/mol. The van der Waals surface area contributed by atoms with Crippen molar-refractivity contribution in [1.82, 2.24) is 15.0 Å². The molecule has 1 aliphatic heterocycles. The van der Waals surface area contributed by atoms with Gasteiger partial charge < -0.3 is 13.8 Å². The number of halogens is 3. The molecule has 0 saturated carbocycles. The highest BCUT2D eigenvalue weighted by atomic mass is 19.4. The third-order valence-electron chi connectivity index (χ3n) is 4.64. The van der Waals surface area contributed by atoms with Gasteiger partial charge in [-0.05, 0) is 43.2 Å². The predicted octanol–water partition coefficient (Wildman–Crippen LogP) is 4.73. The van der Waals surface area contributed by atoms with Crippen molar-refractivity contribution in [3.63, 3.8) is 0 Å². The van der Waals surface area contributed by atoms with Crippen molar-refractivity contribution in [2.75, 3.05) is 6.54 Å². The van der Waals surface area contributed by atoms with Crippen molar-refractivity contribution in [2.24, 2.45) is 0 Å². The highest BCUT2D eigenvalue weighted by Gasteiger charge is 2.34. The maximum Gasteiger partial charge on any atom is 0.416 e. The monoisotopic (exact) mass is 403 g/mol. The number of nitrogens with zero attached hydrogens (tertiary/aromatic N) is 3. The number of rotatable bonds is 4. The van der Waals surface area contributed by atoms with Gasteiger partial charge in [-0.25, -0.2) is 0 Å². The summed E-state index contributed by atoms with van der Waals surface area (Å²) in [5, 5.41) is 3.81. The van der Waals surface area contributed by atoms with Crippen LogP contribution in [0.2, 0.25) is 0 Å². The minimum Gasteiger partial charge on any atom is -0.465 e. The van der Waals surface area contributed by atoms with Gasteiger partial charge in [-0.2, -0.15) is 18.2 Å². The van der Waals surface area contributed by atoms with Crippen molar-refractivity contribution < 1.29 is 26.9 Å². The zero-order valence-electron chi connectivity index (χ0n) is 15.1. The number of alkyl halides is 3. The lowest BCUT2D eigenvalue weighted by Gasteiger charge is -2.19. The van der Waals surface area contributed by atoms with Gasteiger partial charge in [-0.3, -0.25) is 4.79 Å². The Labute approximate surface area is 163 Å². The number of carbonyl (C=O) groups is 1. The first kappa shape index (κ1) is 19.0. The Morgan fingerprint density at radius 3 is 2.86 bits per heavy atom. The van der Waals surface area contributed by atoms with Crippen LogP contribution in [0.5, 0.6) is 0 Å². The van der Waals surface area contributed by atoms with E-state index in [1.807, 2.05) is 0 Å². The molecule has 1 saturated heterocycles. The number of furan rings is 1. The average Bonchev–Trinajstić information content (AvgIpc) is 3.46. The molecule has 1 aliphatic rings. The van der Waals surface area contributed by atoms with E-state index >= 15 is 0 Å². The van der Waals surface area contributed by atoms with Gasteiger partial charge >= 0.3 is 6.18 Å². The second-order valence-electron chi connectivity index (χ2n) is 6.57. The van der Waals surface area contributed by atoms with Crippen LogP contribution in [-0.2, 0) is 11.0 Å². The summed E-state index contributed by atoms with van der Waals surface area (Å²) >= 11 is 0. The quantitative estimate of drug-likeness (QED) is 0.589. The van der Waals surface area contributed by atoms with Crippen molar-refractivity contribution in [1.29, 1.82) is 0 Å². The Balaban J connectivity index is 1.53. The van der Waals surface area contributed by atoms with E-state index < -0.39 is 17.8 Å². The van der Waals surface area contributed by atoms with Crippen LogP contribution in [0.1, 0.15) is 36.1 Å². The van der Waals surface area contributed by atoms with E-state index in [2.05, 4.69) is 10.1 Å². The van der Waals surface area contributed by atoms with E-state index in [4.69, 9.17) is 8.94 Å². The second-order valence-corrected chi connectivity index (χ2v) is 6.57. The molecule has 1 atom stereocenters. The number of aromatic nitrogens is 2. The van der Waals surface area contributed by atoms with Crippen LogP contribution in [0, 0.1) is 0 Å². The molecule has 0 bridgehead atoms. The summed E-state index contributed by atoms with van der Waals surface area (Å²) in [5.41, 5.74) is -0.592. The maximum absolute atomic E-state index is 12.9. The molecule has 1 unspecified atom stereocenters. The molecule has 1 amide bonds. The van der Waals surface area contributed by atoms with Gasteiger partial charge in [0.15, 0.2) is 0 Å².